The molecule has 0 aliphatic heterocycles. The van der Waals surface area contributed by atoms with E-state index in [9.17, 15) is 4.79 Å². The molecule has 3 heteroatoms. The predicted molar refractivity (Wildman–Crippen MR) is 71.5 cm³/mol. The lowest BCUT2D eigenvalue weighted by molar-refractivity contribution is -0.120. The lowest BCUT2D eigenvalue weighted by Crippen LogP contribution is -2.26. The van der Waals surface area contributed by atoms with Gasteiger partial charge in [0, 0.05) is 13.2 Å². The molecule has 1 aromatic carbocycles. The van der Waals surface area contributed by atoms with Crippen LogP contribution >= 0.6 is 0 Å². The Labute approximate surface area is 108 Å². The largest absolute Gasteiger partial charge is 0.396 e. The summed E-state index contributed by atoms with van der Waals surface area (Å²) in [5.74, 6) is 0.0749. The topological polar surface area (TPSA) is 49.3 Å². The first-order chi connectivity index (χ1) is 8.79. The lowest BCUT2D eigenvalue weighted by Gasteiger charge is -2.06. The molecule has 0 radical (unpaired) electrons. The third kappa shape index (κ3) is 3.57. The van der Waals surface area contributed by atoms with Gasteiger partial charge in [0.2, 0.25) is 5.91 Å². The number of unbranched alkanes of at least 4 members (excludes halogenated alkanes) is 1. The Morgan fingerprint density at radius 3 is 2.89 bits per heavy atom. The molecule has 0 spiro atoms. The first-order valence-corrected chi connectivity index (χ1v) is 6.78. The van der Waals surface area contributed by atoms with Gasteiger partial charge < -0.3 is 10.4 Å². The molecule has 0 bridgehead atoms. The van der Waals surface area contributed by atoms with Gasteiger partial charge in [-0.1, -0.05) is 18.2 Å². The van der Waals surface area contributed by atoms with E-state index in [2.05, 4.69) is 23.5 Å². The molecule has 3 nitrogen and oxygen atoms in total. The number of carbonyl (C=O) groups excluding carboxylic acids is 1. The highest BCUT2D eigenvalue weighted by molar-refractivity contribution is 5.78. The third-order valence-electron chi connectivity index (χ3n) is 3.43. The van der Waals surface area contributed by atoms with E-state index in [0.717, 1.165) is 24.8 Å². The number of aryl methyl sites for hydroxylation is 2. The monoisotopic (exact) mass is 247 g/mol. The fraction of sp³-hybridized carbons (Fsp3) is 0.533. The van der Waals surface area contributed by atoms with Crippen LogP contribution in [-0.4, -0.2) is 24.2 Å². The van der Waals surface area contributed by atoms with Gasteiger partial charge in [-0.25, -0.2) is 0 Å². The van der Waals surface area contributed by atoms with Gasteiger partial charge in [0.1, 0.15) is 0 Å². The minimum absolute atomic E-state index is 0.0749. The molecule has 2 rings (SSSR count). The summed E-state index contributed by atoms with van der Waals surface area (Å²) in [6.45, 7) is 0.852. The Morgan fingerprint density at radius 2 is 2.06 bits per heavy atom. The zero-order chi connectivity index (χ0) is 12.8. The zero-order valence-corrected chi connectivity index (χ0v) is 10.7. The third-order valence-corrected chi connectivity index (χ3v) is 3.43. The maximum atomic E-state index is 11.7. The van der Waals surface area contributed by atoms with Crippen molar-refractivity contribution in [3.63, 3.8) is 0 Å². The van der Waals surface area contributed by atoms with E-state index >= 15 is 0 Å². The van der Waals surface area contributed by atoms with Crippen molar-refractivity contribution in [1.82, 2.24) is 5.32 Å². The molecule has 1 aliphatic rings. The predicted octanol–water partition coefficient (Wildman–Crippen LogP) is 1.61. The molecule has 1 aromatic rings. The Kier molecular flexibility index (Phi) is 4.76. The van der Waals surface area contributed by atoms with Crippen molar-refractivity contribution in [2.24, 2.45) is 0 Å². The van der Waals surface area contributed by atoms with Gasteiger partial charge in [0.15, 0.2) is 0 Å². The lowest BCUT2D eigenvalue weighted by atomic mass is 10.0. The van der Waals surface area contributed by atoms with Gasteiger partial charge in [-0.3, -0.25) is 4.79 Å². The minimum atomic E-state index is 0.0749. The molecule has 0 unspecified atom stereocenters. The van der Waals surface area contributed by atoms with E-state index < -0.39 is 0 Å². The van der Waals surface area contributed by atoms with Crippen LogP contribution in [-0.2, 0) is 24.1 Å². The normalized spacial score (nSPS) is 13.4. The first-order valence-electron chi connectivity index (χ1n) is 6.78. The summed E-state index contributed by atoms with van der Waals surface area (Å²) in [7, 11) is 0. The summed E-state index contributed by atoms with van der Waals surface area (Å²) in [6, 6.07) is 6.41. The number of aliphatic hydroxyl groups is 1. The van der Waals surface area contributed by atoms with Crippen LogP contribution in [0, 0.1) is 0 Å². The summed E-state index contributed by atoms with van der Waals surface area (Å²) in [6.07, 6.45) is 5.63. The van der Waals surface area contributed by atoms with Gasteiger partial charge in [0.05, 0.1) is 6.42 Å². The quantitative estimate of drug-likeness (QED) is 0.750. The Bertz CT molecular complexity index is 415. The number of amides is 1. The van der Waals surface area contributed by atoms with Gasteiger partial charge >= 0.3 is 0 Å². The maximum absolute atomic E-state index is 11.7. The molecule has 0 aromatic heterocycles. The SMILES string of the molecule is O=C(Cc1ccc2c(c1)CCC2)NCCCCO. The molecule has 0 atom stereocenters. The number of hydrogen-bond donors (Lipinski definition) is 2. The highest BCUT2D eigenvalue weighted by Crippen LogP contribution is 2.22. The van der Waals surface area contributed by atoms with Crippen molar-refractivity contribution in [1.29, 1.82) is 0 Å². The Balaban J connectivity index is 1.80. The number of rotatable bonds is 6. The highest BCUT2D eigenvalue weighted by Gasteiger charge is 2.11. The maximum Gasteiger partial charge on any atom is 0.224 e. The average molecular weight is 247 g/mol. The van der Waals surface area contributed by atoms with Crippen molar-refractivity contribution in [2.75, 3.05) is 13.2 Å². The highest BCUT2D eigenvalue weighted by atomic mass is 16.2. The molecule has 0 fully saturated rings. The van der Waals surface area contributed by atoms with Crippen molar-refractivity contribution >= 4 is 5.91 Å². The fourth-order valence-corrected chi connectivity index (χ4v) is 2.45. The molecule has 18 heavy (non-hydrogen) atoms. The van der Waals surface area contributed by atoms with Crippen LogP contribution in [0.15, 0.2) is 18.2 Å². The van der Waals surface area contributed by atoms with E-state index in [-0.39, 0.29) is 12.5 Å². The van der Waals surface area contributed by atoms with Gasteiger partial charge in [-0.2, -0.15) is 0 Å². The summed E-state index contributed by atoms with van der Waals surface area (Å²) in [5.41, 5.74) is 3.97. The molecule has 98 valence electrons. The van der Waals surface area contributed by atoms with Crippen LogP contribution in [0.25, 0.3) is 0 Å². The van der Waals surface area contributed by atoms with Crippen molar-refractivity contribution in [2.45, 2.75) is 38.5 Å². The number of fused-ring (bicyclic) bond motifs is 1. The second kappa shape index (κ2) is 6.55. The second-order valence-corrected chi connectivity index (χ2v) is 4.91. The second-order valence-electron chi connectivity index (χ2n) is 4.91. The average Bonchev–Trinajstić information content (AvgIpc) is 2.82. The van der Waals surface area contributed by atoms with Crippen LogP contribution in [0.4, 0.5) is 0 Å². The number of carbonyl (C=O) groups is 1. The van der Waals surface area contributed by atoms with Crippen molar-refractivity contribution < 1.29 is 9.90 Å². The van der Waals surface area contributed by atoms with Gasteiger partial charge in [0.25, 0.3) is 0 Å². The van der Waals surface area contributed by atoms with E-state index in [1.807, 2.05) is 0 Å². The smallest absolute Gasteiger partial charge is 0.224 e. The Hall–Kier alpha value is -1.35. The Morgan fingerprint density at radius 1 is 1.22 bits per heavy atom. The number of benzene rings is 1. The number of aliphatic hydroxyl groups excluding tert-OH is 1. The van der Waals surface area contributed by atoms with Crippen LogP contribution in [0.2, 0.25) is 0 Å². The summed E-state index contributed by atoms with van der Waals surface area (Å²) in [4.78, 5) is 11.7. The molecular weight excluding hydrogens is 226 g/mol. The van der Waals surface area contributed by atoms with E-state index in [0.29, 0.717) is 13.0 Å². The minimum Gasteiger partial charge on any atom is -0.396 e. The van der Waals surface area contributed by atoms with Crippen LogP contribution in [0.3, 0.4) is 0 Å². The zero-order valence-electron chi connectivity index (χ0n) is 10.7. The van der Waals surface area contributed by atoms with Crippen molar-refractivity contribution in [3.05, 3.63) is 34.9 Å². The molecule has 2 N–H and O–H groups in total. The standard InChI is InChI=1S/C15H21NO2/c17-9-2-1-8-16-15(18)11-12-6-7-13-4-3-5-14(13)10-12/h6-7,10,17H,1-5,8-9,11H2,(H,16,18). The fourth-order valence-electron chi connectivity index (χ4n) is 2.45. The van der Waals surface area contributed by atoms with E-state index in [4.69, 9.17) is 5.11 Å². The molecule has 0 heterocycles. The first kappa shape index (κ1) is 13.1. The van der Waals surface area contributed by atoms with E-state index in [1.54, 1.807) is 0 Å². The van der Waals surface area contributed by atoms with Crippen LogP contribution in [0.1, 0.15) is 36.0 Å². The molecular formula is C15H21NO2. The summed E-state index contributed by atoms with van der Waals surface area (Å²) < 4.78 is 0. The number of nitrogens with one attached hydrogen (secondary N) is 1. The summed E-state index contributed by atoms with van der Waals surface area (Å²) >= 11 is 0. The van der Waals surface area contributed by atoms with Gasteiger partial charge in [-0.15, -0.1) is 0 Å². The van der Waals surface area contributed by atoms with Gasteiger partial charge in [-0.05, 0) is 48.8 Å². The molecule has 1 aliphatic carbocycles. The van der Waals surface area contributed by atoms with Crippen LogP contribution in [0.5, 0.6) is 0 Å². The van der Waals surface area contributed by atoms with Crippen LogP contribution < -0.4 is 5.32 Å². The summed E-state index contributed by atoms with van der Waals surface area (Å²) in [5, 5.41) is 11.5. The van der Waals surface area contributed by atoms with E-state index in [1.165, 1.54) is 24.0 Å². The number of hydrogen-bond acceptors (Lipinski definition) is 2. The molecule has 0 saturated carbocycles. The molecule has 0 saturated heterocycles. The molecule has 1 amide bonds. The van der Waals surface area contributed by atoms with Crippen molar-refractivity contribution in [3.8, 4) is 0 Å².